The van der Waals surface area contributed by atoms with Gasteiger partial charge < -0.3 is 88.7 Å². The van der Waals surface area contributed by atoms with Crippen LogP contribution in [-0.4, -0.2) is 263 Å². The molecule has 9 fully saturated rings. The van der Waals surface area contributed by atoms with Gasteiger partial charge in [-0.2, -0.15) is 0 Å². The number of ether oxygens (including phenoxy) is 3. The van der Waals surface area contributed by atoms with Crippen molar-refractivity contribution in [2.45, 2.75) is 294 Å². The van der Waals surface area contributed by atoms with E-state index in [-0.39, 0.29) is 136 Å². The zero-order valence-electron chi connectivity index (χ0n) is 82.0. The SMILES string of the molecule is C=CC1CC1(NC(=O)[C@@H]1C[C@@H](N2C(=O)c3ccc(Br)cc3C2=O)CN1C(=O)[C@@H](NC(=O)OC1CCCC1)C(C)(C)C)P(=O)(OCC)OCC.C=CC1CC1(NC(=O)[C@@H]1C[C@@H](N2C(=O)c3ccccc3C2=O)CN1C(=O)[C@@H](NC(=O)OC1CCCC1)C(C)(C)C)P(=O)(O)O.C=CC1CC1(NC(=O)[C@@H]1C[C@@H](N2C(=O)c3ccccc3C2=O)CN1C(=O)[C@@H](NC(=O)OC1CCCC1)C(C)(C)C)P(=O)(OCC)OCC. The lowest BCUT2D eigenvalue weighted by molar-refractivity contribution is -0.142. The summed E-state index contributed by atoms with van der Waals surface area (Å²) in [4.78, 5) is 233. The lowest BCUT2D eigenvalue weighted by Crippen LogP contribution is -2.58. The Morgan fingerprint density at radius 3 is 0.901 bits per heavy atom. The summed E-state index contributed by atoms with van der Waals surface area (Å²) in [5.74, 6) is -8.68. The summed E-state index contributed by atoms with van der Waals surface area (Å²) in [7, 11) is -12.6. The van der Waals surface area contributed by atoms with Crippen molar-refractivity contribution < 1.29 is 128 Å². The number of likely N-dealkylation sites (tertiary alicyclic amines) is 3. The number of carbonyl (C=O) groups excluding carboxylic acids is 15. The van der Waals surface area contributed by atoms with Gasteiger partial charge in [-0.1, -0.05) is 121 Å². The van der Waals surface area contributed by atoms with Crippen molar-refractivity contribution in [1.82, 2.24) is 61.3 Å². The number of hydrogen-bond donors (Lipinski definition) is 8. The molecule has 6 heterocycles. The van der Waals surface area contributed by atoms with Crippen LogP contribution in [0.2, 0.25) is 0 Å². The van der Waals surface area contributed by atoms with Gasteiger partial charge in [0.2, 0.25) is 35.4 Å². The number of rotatable bonds is 32. The van der Waals surface area contributed by atoms with Gasteiger partial charge in [-0.25, -0.2) is 14.4 Å². The van der Waals surface area contributed by atoms with Crippen LogP contribution in [0, 0.1) is 34.0 Å². The van der Waals surface area contributed by atoms with Crippen LogP contribution in [0.3, 0.4) is 0 Å². The van der Waals surface area contributed by atoms with Crippen molar-refractivity contribution in [3.63, 3.8) is 0 Å². The summed E-state index contributed by atoms with van der Waals surface area (Å²) in [6, 6.07) is 7.85. The topological polar surface area (TPSA) is 504 Å². The van der Waals surface area contributed by atoms with E-state index in [1.165, 1.54) is 32.9 Å². The van der Waals surface area contributed by atoms with Crippen molar-refractivity contribution in [2.75, 3.05) is 46.1 Å². The van der Waals surface area contributed by atoms with E-state index in [4.69, 9.17) is 32.3 Å². The first kappa shape index (κ1) is 108. The Hall–Kier alpha value is -10.1. The van der Waals surface area contributed by atoms with Crippen molar-refractivity contribution in [3.05, 3.63) is 143 Å². The fourth-order valence-corrected chi connectivity index (χ4v) is 27.2. The standard InChI is InChI=1S/C34H46BrN4O9P.C34H47N4O9P.C30H39N4O9P/c1-7-20-18-34(20,49(45,46-8-2)47-9-3)37-28(40)26-17-22(39-29(41)24-15-14-21(35)16-25(24)30(39)42)19-38(26)31(43)27(33(4,5)6)36-32(44)48-23-12-10-11-13-23;1-7-21-19-34(21,48(44,45-8-2)46-9-3)36-28(39)26-18-22(38-29(40)24-16-12-13-17-25(24)30(38)41)20-37(26)31(42)27(33(4,5)6)35-32(43)47-23-14-10-11-15-23;1-5-17-15-30(17,44(40,41)42)32-24(35)22-14-18(34-25(36)20-12-8-9-13-21(20)26(34)37)16-33(22)27(38)23(29(2,3)4)31-28(39)43-19-10-6-7-11-19/h7,14-16,20,22-23,26-27H,1,8-13,17-19H2,2-6H3,(H,36,44)(H,37,40);7,12-13,16-17,21-23,26-27H,1,8-11,14-15,18-20H2,2-6H3,(H,35,43)(H,36,39);5,8-9,12-13,17-19,22-23H,1,6-7,10-11,14-16H2,2-4H3,(H,31,39)(H,32,35)(H2,40,41,42)/t20?,22-,26+,27-,34?;21?,22-,26+,27-,34?;17?,18-,22+,23-,30?/m111/s1. The average Bonchev–Trinajstić information content (AvgIpc) is 1.54. The number of carbonyl (C=O) groups is 15. The highest BCUT2D eigenvalue weighted by Crippen LogP contribution is 2.74. The van der Waals surface area contributed by atoms with Gasteiger partial charge in [-0.15, -0.1) is 19.7 Å². The van der Waals surface area contributed by atoms with Crippen molar-refractivity contribution in [3.8, 4) is 0 Å². The average molecular weight is 2080 g/mol. The summed E-state index contributed by atoms with van der Waals surface area (Å²) < 4.78 is 80.6. The monoisotopic (exact) mass is 2080 g/mol. The van der Waals surface area contributed by atoms with Crippen LogP contribution < -0.4 is 31.9 Å². The number of fused-ring (bicyclic) bond motifs is 3. The summed E-state index contributed by atoms with van der Waals surface area (Å²) >= 11 is 3.35. The highest BCUT2D eigenvalue weighted by Gasteiger charge is 2.71. The number of benzene rings is 3. The van der Waals surface area contributed by atoms with E-state index in [1.807, 2.05) is 0 Å². The maximum Gasteiger partial charge on any atom is 0.408 e. The number of imide groups is 3. The Labute approximate surface area is 829 Å². The third-order valence-electron chi connectivity index (χ3n) is 28.6. The third kappa shape index (κ3) is 22.0. The van der Waals surface area contributed by atoms with Gasteiger partial charge in [-0.3, -0.25) is 85.9 Å². The van der Waals surface area contributed by atoms with Gasteiger partial charge in [-0.05, 0) is 202 Å². The smallest absolute Gasteiger partial charge is 0.408 e. The Morgan fingerprint density at radius 1 is 0.411 bits per heavy atom. The van der Waals surface area contributed by atoms with Crippen LogP contribution in [0.15, 0.2) is 109 Å². The Balaban J connectivity index is 0.000000178. The fourth-order valence-electron chi connectivity index (χ4n) is 20.9. The van der Waals surface area contributed by atoms with Crippen LogP contribution >= 0.6 is 38.7 Å². The first-order chi connectivity index (χ1) is 66.4. The molecule has 15 atom stereocenters. The van der Waals surface area contributed by atoms with Crippen LogP contribution in [0.5, 0.6) is 0 Å². The zero-order valence-corrected chi connectivity index (χ0v) is 86.3. The number of hydrogen-bond acceptors (Lipinski definition) is 25. The second kappa shape index (κ2) is 42.6. The molecule has 43 heteroatoms. The Morgan fingerprint density at radius 2 is 0.660 bits per heavy atom. The summed E-state index contributed by atoms with van der Waals surface area (Å²) in [6.45, 7) is 33.6. The fraction of sp³-hybridized carbons (Fsp3) is 0.602. The molecule has 6 aliphatic carbocycles. The minimum absolute atomic E-state index is 0.0335. The Kier molecular flexibility index (Phi) is 32.7. The molecule has 0 spiro atoms. The van der Waals surface area contributed by atoms with Crippen molar-refractivity contribution in [1.29, 1.82) is 0 Å². The van der Waals surface area contributed by atoms with Gasteiger partial charge in [0.25, 0.3) is 35.4 Å². The normalized spacial score (nSPS) is 26.6. The molecule has 12 aliphatic rings. The van der Waals surface area contributed by atoms with Crippen LogP contribution in [0.25, 0.3) is 0 Å². The summed E-state index contributed by atoms with van der Waals surface area (Å²) in [5, 5.41) is 11.8. The molecule has 15 amide bonds. The largest absolute Gasteiger partial charge is 0.446 e. The van der Waals surface area contributed by atoms with Crippen molar-refractivity contribution in [2.24, 2.45) is 34.0 Å². The summed E-state index contributed by atoms with van der Waals surface area (Å²) in [6.07, 6.45) is 11.8. The molecule has 141 heavy (non-hydrogen) atoms. The first-order valence-electron chi connectivity index (χ1n) is 48.5. The highest BCUT2D eigenvalue weighted by atomic mass is 79.9. The highest BCUT2D eigenvalue weighted by molar-refractivity contribution is 9.10. The van der Waals surface area contributed by atoms with Gasteiger partial charge in [0.15, 0.2) is 0 Å². The molecule has 0 radical (unpaired) electrons. The molecule has 6 aliphatic heterocycles. The maximum atomic E-state index is 14.5. The number of halogens is 1. The molecule has 6 unspecified atom stereocenters. The lowest BCUT2D eigenvalue weighted by Gasteiger charge is -2.36. The van der Waals surface area contributed by atoms with E-state index in [9.17, 15) is 95.4 Å². The van der Waals surface area contributed by atoms with E-state index >= 15 is 0 Å². The van der Waals surface area contributed by atoms with E-state index in [2.05, 4.69) is 67.6 Å². The van der Waals surface area contributed by atoms with Crippen LogP contribution in [-0.2, 0) is 74.8 Å². The molecule has 3 aromatic rings. The van der Waals surface area contributed by atoms with Gasteiger partial charge in [0.1, 0.15) is 70.4 Å². The molecule has 39 nitrogen and oxygen atoms in total. The minimum Gasteiger partial charge on any atom is -0.446 e. The number of alkyl carbamates (subject to hydrolysis) is 3. The van der Waals surface area contributed by atoms with Crippen molar-refractivity contribution >= 4 is 128 Å². The molecule has 6 saturated carbocycles. The predicted octanol–water partition coefficient (Wildman–Crippen LogP) is 12.5. The van der Waals surface area contributed by atoms with Gasteiger partial charge >= 0.3 is 41.1 Å². The van der Waals surface area contributed by atoms with Crippen LogP contribution in [0.1, 0.15) is 268 Å². The molecular weight excluding hydrogens is 1950 g/mol. The van der Waals surface area contributed by atoms with E-state index in [0.717, 1.165) is 91.7 Å². The zero-order chi connectivity index (χ0) is 103. The second-order valence-corrected chi connectivity index (χ2v) is 48.7. The van der Waals surface area contributed by atoms with E-state index in [1.54, 1.807) is 157 Å². The maximum absolute atomic E-state index is 14.5. The number of nitrogens with one attached hydrogen (secondary N) is 6. The quantitative estimate of drug-likeness (QED) is 0.0125. The minimum atomic E-state index is -4.84. The molecule has 0 aromatic heterocycles. The predicted molar refractivity (Wildman–Crippen MR) is 517 cm³/mol. The third-order valence-corrected chi connectivity index (χ3v) is 36.4. The summed E-state index contributed by atoms with van der Waals surface area (Å²) in [5.41, 5.74) is -1.13. The molecule has 15 rings (SSSR count). The molecule has 3 aromatic carbocycles. The van der Waals surface area contributed by atoms with Crippen LogP contribution in [0.4, 0.5) is 14.4 Å². The second-order valence-electron chi connectivity index (χ2n) is 41.3. The molecular formula is C98H132BrN12O27P3. The molecule has 768 valence electrons. The molecule has 0 bridgehead atoms. The Bertz CT molecular complexity index is 5510. The molecule has 3 saturated heterocycles. The number of amides is 15. The van der Waals surface area contributed by atoms with E-state index in [0.29, 0.717) is 4.47 Å². The van der Waals surface area contributed by atoms with E-state index < -0.39 is 216 Å². The lowest BCUT2D eigenvalue weighted by atomic mass is 9.85. The molecule has 8 N–H and O–H groups in total. The van der Waals surface area contributed by atoms with Gasteiger partial charge in [0.05, 0.1) is 77.9 Å². The first-order valence-corrected chi connectivity index (χ1v) is 54.0. The number of nitrogens with zero attached hydrogens (tertiary/aromatic N) is 6. The van der Waals surface area contributed by atoms with Gasteiger partial charge in [0, 0.05) is 41.9 Å².